The lowest BCUT2D eigenvalue weighted by Crippen LogP contribution is -2.17. The van der Waals surface area contributed by atoms with Crippen molar-refractivity contribution in [1.82, 2.24) is 4.98 Å². The third kappa shape index (κ3) is 3.90. The number of terminal acetylenes is 1. The number of nitrogens with one attached hydrogen (secondary N) is 1. The zero-order valence-corrected chi connectivity index (χ0v) is 14.5. The van der Waals surface area contributed by atoms with Crippen LogP contribution in [0.2, 0.25) is 0 Å². The van der Waals surface area contributed by atoms with Gasteiger partial charge >= 0.3 is 0 Å². The van der Waals surface area contributed by atoms with Crippen LogP contribution < -0.4 is 10.2 Å². The largest absolute Gasteiger partial charge is 0.340 e. The highest BCUT2D eigenvalue weighted by Gasteiger charge is 2.10. The lowest BCUT2D eigenvalue weighted by Gasteiger charge is -2.23. The molecule has 0 fully saturated rings. The van der Waals surface area contributed by atoms with Gasteiger partial charge in [-0.05, 0) is 55.5 Å². The van der Waals surface area contributed by atoms with Crippen LogP contribution in [0.3, 0.4) is 0 Å². The van der Waals surface area contributed by atoms with E-state index in [4.69, 9.17) is 6.42 Å². The molecule has 2 aromatic carbocycles. The normalized spacial score (nSPS) is 10.0. The van der Waals surface area contributed by atoms with Crippen molar-refractivity contribution in [2.75, 3.05) is 16.8 Å². The van der Waals surface area contributed by atoms with E-state index in [9.17, 15) is 4.79 Å². The van der Waals surface area contributed by atoms with Gasteiger partial charge in [-0.15, -0.1) is 6.42 Å². The van der Waals surface area contributed by atoms with Crippen LogP contribution in [0, 0.1) is 12.3 Å². The van der Waals surface area contributed by atoms with Crippen molar-refractivity contribution in [3.63, 3.8) is 0 Å². The first-order valence-electron chi connectivity index (χ1n) is 8.37. The van der Waals surface area contributed by atoms with E-state index in [2.05, 4.69) is 28.0 Å². The van der Waals surface area contributed by atoms with E-state index in [0.29, 0.717) is 11.1 Å². The fourth-order valence-electron chi connectivity index (χ4n) is 2.73. The second kappa shape index (κ2) is 8.00. The van der Waals surface area contributed by atoms with Crippen LogP contribution in [-0.4, -0.2) is 17.4 Å². The molecule has 3 aromatic rings. The minimum Gasteiger partial charge on any atom is -0.340 e. The zero-order chi connectivity index (χ0) is 18.4. The monoisotopic (exact) mass is 341 g/mol. The molecule has 0 saturated carbocycles. The van der Waals surface area contributed by atoms with Crippen molar-refractivity contribution in [3.05, 3.63) is 84.2 Å². The Morgan fingerprint density at radius 2 is 1.92 bits per heavy atom. The Morgan fingerprint density at radius 1 is 1.12 bits per heavy atom. The standard InChI is InChI=1S/C22H19N3O/c1-3-17-8-5-9-18(14-17)22(26)24-19-10-6-11-20(15-19)25(4-2)21-12-7-13-23-16-21/h1,5-16H,4H2,2H3,(H,24,26). The number of carbonyl (C=O) groups excluding carboxylic acids is 1. The summed E-state index contributed by atoms with van der Waals surface area (Å²) in [4.78, 5) is 18.8. The third-order valence-electron chi connectivity index (χ3n) is 3.98. The summed E-state index contributed by atoms with van der Waals surface area (Å²) in [5.74, 6) is 2.35. The van der Waals surface area contributed by atoms with Gasteiger partial charge in [0.25, 0.3) is 5.91 Å². The van der Waals surface area contributed by atoms with Crippen molar-refractivity contribution in [2.45, 2.75) is 6.92 Å². The van der Waals surface area contributed by atoms with Gasteiger partial charge in [-0.2, -0.15) is 0 Å². The number of anilines is 3. The number of amides is 1. The Hall–Kier alpha value is -3.58. The quantitative estimate of drug-likeness (QED) is 0.696. The number of hydrogen-bond donors (Lipinski definition) is 1. The summed E-state index contributed by atoms with van der Waals surface area (Å²) in [7, 11) is 0. The molecule has 0 unspecified atom stereocenters. The lowest BCUT2D eigenvalue weighted by molar-refractivity contribution is 0.102. The van der Waals surface area contributed by atoms with Gasteiger partial charge in [-0.3, -0.25) is 9.78 Å². The summed E-state index contributed by atoms with van der Waals surface area (Å²) in [5, 5.41) is 2.93. The Labute approximate surface area is 153 Å². The number of nitrogens with zero attached hydrogens (tertiary/aromatic N) is 2. The maximum absolute atomic E-state index is 12.5. The van der Waals surface area contributed by atoms with Gasteiger partial charge in [0.2, 0.25) is 0 Å². The van der Waals surface area contributed by atoms with E-state index in [-0.39, 0.29) is 5.91 Å². The minimum absolute atomic E-state index is 0.191. The van der Waals surface area contributed by atoms with Crippen LogP contribution in [0.25, 0.3) is 0 Å². The fraction of sp³-hybridized carbons (Fsp3) is 0.0909. The van der Waals surface area contributed by atoms with Crippen molar-refractivity contribution in [1.29, 1.82) is 0 Å². The fourth-order valence-corrected chi connectivity index (χ4v) is 2.73. The molecule has 4 heteroatoms. The Morgan fingerprint density at radius 3 is 2.65 bits per heavy atom. The maximum atomic E-state index is 12.5. The Bertz CT molecular complexity index is 945. The van der Waals surface area contributed by atoms with Gasteiger partial charge in [0, 0.05) is 35.2 Å². The molecule has 1 N–H and O–H groups in total. The second-order valence-electron chi connectivity index (χ2n) is 5.69. The van der Waals surface area contributed by atoms with Gasteiger partial charge in [0.05, 0.1) is 11.9 Å². The molecule has 0 saturated heterocycles. The first kappa shape index (κ1) is 17.2. The Balaban J connectivity index is 1.83. The molecule has 1 amide bonds. The van der Waals surface area contributed by atoms with E-state index >= 15 is 0 Å². The summed E-state index contributed by atoms with van der Waals surface area (Å²) in [6, 6.07) is 18.7. The molecule has 26 heavy (non-hydrogen) atoms. The molecule has 0 spiro atoms. The van der Waals surface area contributed by atoms with Crippen LogP contribution in [0.4, 0.5) is 17.1 Å². The summed E-state index contributed by atoms with van der Waals surface area (Å²) >= 11 is 0. The molecule has 4 nitrogen and oxygen atoms in total. The summed E-state index contributed by atoms with van der Waals surface area (Å²) in [6.07, 6.45) is 8.97. The highest BCUT2D eigenvalue weighted by atomic mass is 16.1. The number of pyridine rings is 1. The second-order valence-corrected chi connectivity index (χ2v) is 5.69. The van der Waals surface area contributed by atoms with Crippen LogP contribution in [0.1, 0.15) is 22.8 Å². The predicted octanol–water partition coefficient (Wildman–Crippen LogP) is 4.47. The van der Waals surface area contributed by atoms with Crippen molar-refractivity contribution in [2.24, 2.45) is 0 Å². The summed E-state index contributed by atoms with van der Waals surface area (Å²) in [5.41, 5.74) is 3.92. The van der Waals surface area contributed by atoms with Crippen molar-refractivity contribution in [3.8, 4) is 12.3 Å². The number of hydrogen-bond acceptors (Lipinski definition) is 3. The van der Waals surface area contributed by atoms with Gasteiger partial charge in [-0.25, -0.2) is 0 Å². The van der Waals surface area contributed by atoms with Crippen LogP contribution in [0.15, 0.2) is 73.1 Å². The van der Waals surface area contributed by atoms with Crippen LogP contribution >= 0.6 is 0 Å². The van der Waals surface area contributed by atoms with Gasteiger partial charge < -0.3 is 10.2 Å². The van der Waals surface area contributed by atoms with E-state index < -0.39 is 0 Å². The Kier molecular flexibility index (Phi) is 5.31. The highest BCUT2D eigenvalue weighted by molar-refractivity contribution is 6.04. The first-order valence-corrected chi connectivity index (χ1v) is 8.37. The summed E-state index contributed by atoms with van der Waals surface area (Å²) < 4.78 is 0. The number of benzene rings is 2. The molecule has 0 aliphatic heterocycles. The number of aromatic nitrogens is 1. The van der Waals surface area contributed by atoms with E-state index in [1.54, 1.807) is 30.5 Å². The molecular weight excluding hydrogens is 322 g/mol. The highest BCUT2D eigenvalue weighted by Crippen LogP contribution is 2.26. The zero-order valence-electron chi connectivity index (χ0n) is 14.5. The first-order chi connectivity index (χ1) is 12.7. The van der Waals surface area contributed by atoms with Crippen molar-refractivity contribution >= 4 is 23.0 Å². The minimum atomic E-state index is -0.191. The molecule has 0 aliphatic carbocycles. The van der Waals surface area contributed by atoms with Gasteiger partial charge in [0.15, 0.2) is 0 Å². The van der Waals surface area contributed by atoms with E-state index in [0.717, 1.165) is 23.6 Å². The third-order valence-corrected chi connectivity index (χ3v) is 3.98. The molecule has 1 aromatic heterocycles. The number of carbonyl (C=O) groups is 1. The smallest absolute Gasteiger partial charge is 0.255 e. The predicted molar refractivity (Wildman–Crippen MR) is 106 cm³/mol. The molecule has 0 radical (unpaired) electrons. The topological polar surface area (TPSA) is 45.2 Å². The molecular formula is C22H19N3O. The average Bonchev–Trinajstić information content (AvgIpc) is 2.70. The molecule has 0 aliphatic rings. The maximum Gasteiger partial charge on any atom is 0.255 e. The lowest BCUT2D eigenvalue weighted by atomic mass is 10.1. The van der Waals surface area contributed by atoms with Gasteiger partial charge in [-0.1, -0.05) is 18.1 Å². The van der Waals surface area contributed by atoms with Crippen molar-refractivity contribution < 1.29 is 4.79 Å². The van der Waals surface area contributed by atoms with E-state index in [1.165, 1.54) is 0 Å². The molecule has 128 valence electrons. The van der Waals surface area contributed by atoms with Gasteiger partial charge in [0.1, 0.15) is 0 Å². The molecule has 3 rings (SSSR count). The molecule has 1 heterocycles. The molecule has 0 atom stereocenters. The number of rotatable bonds is 5. The molecule has 0 bridgehead atoms. The van der Waals surface area contributed by atoms with Crippen LogP contribution in [-0.2, 0) is 0 Å². The van der Waals surface area contributed by atoms with E-state index in [1.807, 2.05) is 42.6 Å². The SMILES string of the molecule is C#Cc1cccc(C(=O)Nc2cccc(N(CC)c3cccnc3)c2)c1. The van der Waals surface area contributed by atoms with Crippen LogP contribution in [0.5, 0.6) is 0 Å². The average molecular weight is 341 g/mol. The summed E-state index contributed by atoms with van der Waals surface area (Å²) in [6.45, 7) is 2.86.